The Morgan fingerprint density at radius 1 is 1.03 bits per heavy atom. The van der Waals surface area contributed by atoms with Crippen LogP contribution in [-0.2, 0) is 54.6 Å². The average Bonchev–Trinajstić information content (AvgIpc) is 3.97. The van der Waals surface area contributed by atoms with Crippen LogP contribution in [0.4, 0.5) is 5.69 Å². The summed E-state index contributed by atoms with van der Waals surface area (Å²) in [6.07, 6.45) is 7.33. The third kappa shape index (κ3) is 11.4. The van der Waals surface area contributed by atoms with Crippen LogP contribution in [0.5, 0.6) is 5.75 Å². The van der Waals surface area contributed by atoms with Crippen molar-refractivity contribution in [3.05, 3.63) is 102 Å². The summed E-state index contributed by atoms with van der Waals surface area (Å²) in [4.78, 5) is 72.6. The van der Waals surface area contributed by atoms with Crippen LogP contribution in [0.25, 0.3) is 33.3 Å². The van der Waals surface area contributed by atoms with E-state index in [9.17, 15) is 19.2 Å². The number of aromatic nitrogens is 2. The number of carbonyl (C=O) groups is 4. The molecule has 374 valence electrons. The lowest BCUT2D eigenvalue weighted by Gasteiger charge is -2.37. The number of cyclic esters (lactones) is 1. The highest BCUT2D eigenvalue weighted by Gasteiger charge is 2.40. The molecule has 6 bridgehead atoms. The summed E-state index contributed by atoms with van der Waals surface area (Å²) in [7, 11) is 4.97. The maximum atomic E-state index is 14.8. The standard InChI is InChI=1S/C56H68N8O7/c1-9-63-49-22-16-38-29-44(49)45(51(63)46-31-57-24-23-40(46)32-69-7)30-56(4,5)33-71-55(68)47-14-11-25-64(61-47)54(67)48(27-36-12-10-13-37(38)26-36)60-52(65)50(35(2)3)62(6)53(66)39-15-17-42(28-39)59-34-58-41-18-20-43(70-8)21-19-41/h10,12-13,16,18-24,26,29,31,35,39,42,47-48,50,61H,9,11,14-15,17,25,27-28,30,32-33H2,1-8H3,(H,60,65)/t39?,42?,47-,48-,50?/m0/s1. The van der Waals surface area contributed by atoms with Crippen LogP contribution in [0.2, 0.25) is 0 Å². The molecule has 3 aromatic carbocycles. The summed E-state index contributed by atoms with van der Waals surface area (Å²) in [6, 6.07) is 23.9. The molecule has 1 saturated carbocycles. The van der Waals surface area contributed by atoms with Crippen molar-refractivity contribution < 1.29 is 33.4 Å². The lowest BCUT2D eigenvalue weighted by molar-refractivity contribution is -0.155. The number of hydrazine groups is 1. The van der Waals surface area contributed by atoms with Crippen molar-refractivity contribution in [3.63, 3.8) is 0 Å². The fourth-order valence-electron chi connectivity index (χ4n) is 10.6. The Hall–Kier alpha value is -6.67. The van der Waals surface area contributed by atoms with E-state index in [0.717, 1.165) is 55.7 Å². The van der Waals surface area contributed by atoms with Gasteiger partial charge in [-0.1, -0.05) is 58.0 Å². The number of rotatable bonds is 12. The van der Waals surface area contributed by atoms with Gasteiger partial charge in [-0.25, -0.2) is 10.4 Å². The van der Waals surface area contributed by atoms with Crippen molar-refractivity contribution in [2.75, 3.05) is 34.4 Å². The summed E-state index contributed by atoms with van der Waals surface area (Å²) in [5, 5.41) is 5.65. The Morgan fingerprint density at radius 2 is 1.82 bits per heavy atom. The van der Waals surface area contributed by atoms with Gasteiger partial charge in [-0.15, -0.1) is 0 Å². The van der Waals surface area contributed by atoms with Crippen molar-refractivity contribution in [2.24, 2.45) is 27.2 Å². The van der Waals surface area contributed by atoms with Gasteiger partial charge >= 0.3 is 5.97 Å². The molecule has 4 heterocycles. The fraction of sp³-hybridized carbons (Fsp3) is 0.464. The number of hydrogen-bond donors (Lipinski definition) is 2. The number of fused-ring (bicyclic) bond motifs is 6. The van der Waals surface area contributed by atoms with Crippen LogP contribution >= 0.6 is 0 Å². The number of ether oxygens (including phenoxy) is 3. The van der Waals surface area contributed by atoms with Crippen molar-refractivity contribution in [3.8, 4) is 28.1 Å². The fourth-order valence-corrected chi connectivity index (χ4v) is 10.6. The zero-order chi connectivity index (χ0) is 50.4. The molecule has 5 aromatic rings. The van der Waals surface area contributed by atoms with Gasteiger partial charge in [0.15, 0.2) is 0 Å². The van der Waals surface area contributed by atoms with Crippen LogP contribution in [0.15, 0.2) is 95.2 Å². The molecule has 1 saturated heterocycles. The van der Waals surface area contributed by atoms with Gasteiger partial charge in [-0.3, -0.25) is 29.2 Å². The third-order valence-corrected chi connectivity index (χ3v) is 14.2. The summed E-state index contributed by atoms with van der Waals surface area (Å²) < 4.78 is 19.4. The molecule has 3 amide bonds. The molecular formula is C56H68N8O7. The van der Waals surface area contributed by atoms with Crippen LogP contribution in [0, 0.1) is 17.3 Å². The molecule has 2 fully saturated rings. The zero-order valence-electron chi connectivity index (χ0n) is 42.4. The molecule has 1 aliphatic carbocycles. The number of benzene rings is 3. The average molecular weight is 965 g/mol. The van der Waals surface area contributed by atoms with E-state index in [2.05, 4.69) is 87.4 Å². The second-order valence-corrected chi connectivity index (χ2v) is 20.3. The largest absolute Gasteiger partial charge is 0.497 e. The Kier molecular flexibility index (Phi) is 15.8. The van der Waals surface area contributed by atoms with Gasteiger partial charge in [-0.05, 0) is 122 Å². The van der Waals surface area contributed by atoms with Crippen LogP contribution in [-0.4, -0.2) is 108 Å². The molecule has 3 unspecified atom stereocenters. The lowest BCUT2D eigenvalue weighted by atomic mass is 9.84. The molecule has 2 aromatic heterocycles. The molecule has 3 aliphatic rings. The van der Waals surface area contributed by atoms with E-state index in [1.807, 2.05) is 62.5 Å². The SMILES string of the molecule is CCn1c(-c2cnccc2COC)c2c3cc(ccc31)-c1cccc(c1)C[C@H](NC(=O)C(C(C)C)N(C)C(=O)C1CCC(N=C=Nc3ccc(OC)cc3)C1)C(=O)N1CCC[C@H](N1)C(=O)OCC(C)(C)C2. The predicted molar refractivity (Wildman–Crippen MR) is 274 cm³/mol. The van der Waals surface area contributed by atoms with Gasteiger partial charge in [0.05, 0.1) is 43.8 Å². The molecule has 15 nitrogen and oxygen atoms in total. The highest BCUT2D eigenvalue weighted by atomic mass is 16.5. The normalized spacial score (nSPS) is 20.7. The number of likely N-dealkylation sites (N-methyl/N-ethyl adjacent to an activating group) is 1. The van der Waals surface area contributed by atoms with Gasteiger partial charge in [0.1, 0.15) is 23.9 Å². The van der Waals surface area contributed by atoms with E-state index in [1.165, 1.54) is 9.91 Å². The maximum absolute atomic E-state index is 14.8. The van der Waals surface area contributed by atoms with Crippen LogP contribution in [0.1, 0.15) is 83.4 Å². The van der Waals surface area contributed by atoms with Gasteiger partial charge in [-0.2, -0.15) is 4.99 Å². The minimum absolute atomic E-state index is 0.129. The first kappa shape index (κ1) is 50.7. The number of nitrogens with zero attached hydrogens (tertiary/aromatic N) is 6. The monoisotopic (exact) mass is 965 g/mol. The molecule has 8 rings (SSSR count). The Labute approximate surface area is 417 Å². The Bertz CT molecular complexity index is 2810. The lowest BCUT2D eigenvalue weighted by Crippen LogP contribution is -2.62. The quantitative estimate of drug-likeness (QED) is 0.0922. The van der Waals surface area contributed by atoms with E-state index in [1.54, 1.807) is 27.5 Å². The number of esters is 1. The molecule has 2 N–H and O–H groups in total. The van der Waals surface area contributed by atoms with E-state index in [-0.39, 0.29) is 42.7 Å². The molecule has 2 aliphatic heterocycles. The number of amides is 3. The van der Waals surface area contributed by atoms with Crippen molar-refractivity contribution >= 4 is 46.3 Å². The van der Waals surface area contributed by atoms with Crippen molar-refractivity contribution in [1.29, 1.82) is 0 Å². The van der Waals surface area contributed by atoms with E-state index in [0.29, 0.717) is 63.9 Å². The summed E-state index contributed by atoms with van der Waals surface area (Å²) in [5.74, 6) is -1.29. The molecule has 15 heteroatoms. The maximum Gasteiger partial charge on any atom is 0.324 e. The van der Waals surface area contributed by atoms with Crippen LogP contribution in [0.3, 0.4) is 0 Å². The first-order chi connectivity index (χ1) is 34.2. The van der Waals surface area contributed by atoms with Crippen LogP contribution < -0.4 is 15.5 Å². The second kappa shape index (κ2) is 22.2. The molecule has 71 heavy (non-hydrogen) atoms. The molecule has 0 spiro atoms. The Balaban J connectivity index is 1.10. The molecule has 0 radical (unpaired) electrons. The number of aliphatic imine (C=N–C) groups is 2. The van der Waals surface area contributed by atoms with Crippen molar-refractivity contribution in [2.45, 2.75) is 117 Å². The summed E-state index contributed by atoms with van der Waals surface area (Å²) in [6.45, 7) is 11.8. The van der Waals surface area contributed by atoms with Gasteiger partial charge in [0, 0.05) is 73.9 Å². The van der Waals surface area contributed by atoms with Gasteiger partial charge in [0.25, 0.3) is 5.91 Å². The van der Waals surface area contributed by atoms with E-state index in [4.69, 9.17) is 14.2 Å². The van der Waals surface area contributed by atoms with Gasteiger partial charge < -0.3 is 29.0 Å². The second-order valence-electron chi connectivity index (χ2n) is 20.3. The summed E-state index contributed by atoms with van der Waals surface area (Å²) >= 11 is 0. The first-order valence-corrected chi connectivity index (χ1v) is 25.0. The molecular weight excluding hydrogens is 897 g/mol. The predicted octanol–water partition coefficient (Wildman–Crippen LogP) is 8.35. The third-order valence-electron chi connectivity index (χ3n) is 14.2. The van der Waals surface area contributed by atoms with Gasteiger partial charge in [0.2, 0.25) is 11.8 Å². The Morgan fingerprint density at radius 3 is 2.56 bits per heavy atom. The summed E-state index contributed by atoms with van der Waals surface area (Å²) in [5.41, 5.74) is 11.4. The highest BCUT2D eigenvalue weighted by molar-refractivity contribution is 5.96. The van der Waals surface area contributed by atoms with E-state index < -0.39 is 35.4 Å². The number of aryl methyl sites for hydroxylation is 1. The zero-order valence-corrected chi connectivity index (χ0v) is 42.4. The first-order valence-electron chi connectivity index (χ1n) is 25.0. The minimum Gasteiger partial charge on any atom is -0.497 e. The minimum atomic E-state index is -1.03. The highest BCUT2D eigenvalue weighted by Crippen LogP contribution is 2.41. The number of pyridine rings is 1. The van der Waals surface area contributed by atoms with E-state index >= 15 is 0 Å². The number of methoxy groups -OCH3 is 2. The molecule has 5 atom stereocenters. The topological polar surface area (TPSA) is 169 Å². The van der Waals surface area contributed by atoms with Crippen molar-refractivity contribution in [1.82, 2.24) is 30.2 Å². The smallest absolute Gasteiger partial charge is 0.324 e. The number of nitrogens with one attached hydrogen (secondary N) is 2. The number of hydrogen-bond acceptors (Lipinski definition) is 11. The number of carbonyl (C=O) groups excluding carboxylic acids is 4.